The van der Waals surface area contributed by atoms with E-state index in [9.17, 15) is 4.79 Å². The Kier molecular flexibility index (Phi) is 2.19. The highest BCUT2D eigenvalue weighted by atomic mass is 32.1. The predicted molar refractivity (Wildman–Crippen MR) is 67.2 cm³/mol. The first kappa shape index (κ1) is 10.0. The molecule has 3 rings (SSSR count). The SMILES string of the molecule is O=c1cc(/C=N/O)sc2c1oc1ccccc12. The van der Waals surface area contributed by atoms with Gasteiger partial charge in [-0.15, -0.1) is 11.3 Å². The molecule has 0 radical (unpaired) electrons. The van der Waals surface area contributed by atoms with Gasteiger partial charge in [0.25, 0.3) is 0 Å². The molecule has 0 saturated heterocycles. The third-order valence-corrected chi connectivity index (χ3v) is 3.52. The van der Waals surface area contributed by atoms with Crippen LogP contribution in [0, 0.1) is 0 Å². The van der Waals surface area contributed by atoms with Crippen LogP contribution in [0.15, 0.2) is 44.7 Å². The van der Waals surface area contributed by atoms with Crippen molar-refractivity contribution >= 4 is 38.8 Å². The molecule has 0 amide bonds. The number of hydrogen-bond donors (Lipinski definition) is 1. The minimum absolute atomic E-state index is 0.204. The maximum absolute atomic E-state index is 11.8. The van der Waals surface area contributed by atoms with Gasteiger partial charge in [-0.1, -0.05) is 17.3 Å². The van der Waals surface area contributed by atoms with Crippen molar-refractivity contribution < 1.29 is 9.62 Å². The van der Waals surface area contributed by atoms with Crippen LogP contribution in [0.3, 0.4) is 0 Å². The third-order valence-electron chi connectivity index (χ3n) is 2.45. The first-order chi connectivity index (χ1) is 8.29. The van der Waals surface area contributed by atoms with Gasteiger partial charge in [-0.3, -0.25) is 4.79 Å². The smallest absolute Gasteiger partial charge is 0.223 e. The Bertz CT molecular complexity index is 785. The molecule has 0 aliphatic carbocycles. The van der Waals surface area contributed by atoms with Crippen LogP contribution in [0.5, 0.6) is 0 Å². The van der Waals surface area contributed by atoms with Gasteiger partial charge in [-0.2, -0.15) is 0 Å². The van der Waals surface area contributed by atoms with Crippen LogP contribution in [0.4, 0.5) is 0 Å². The molecule has 0 fully saturated rings. The Balaban J connectivity index is 2.50. The number of oxime groups is 1. The molecule has 0 bridgehead atoms. The molecule has 0 aliphatic rings. The highest BCUT2D eigenvalue weighted by molar-refractivity contribution is 7.20. The van der Waals surface area contributed by atoms with Crippen molar-refractivity contribution in [2.45, 2.75) is 0 Å². The lowest BCUT2D eigenvalue weighted by Crippen LogP contribution is -1.98. The Morgan fingerprint density at radius 2 is 2.18 bits per heavy atom. The van der Waals surface area contributed by atoms with E-state index in [1.165, 1.54) is 23.6 Å². The van der Waals surface area contributed by atoms with Gasteiger partial charge in [-0.25, -0.2) is 0 Å². The van der Waals surface area contributed by atoms with Gasteiger partial charge in [-0.05, 0) is 12.1 Å². The molecule has 0 spiro atoms. The lowest BCUT2D eigenvalue weighted by atomic mass is 10.2. The van der Waals surface area contributed by atoms with Crippen LogP contribution in [0.25, 0.3) is 21.3 Å². The number of para-hydroxylation sites is 1. The van der Waals surface area contributed by atoms with Gasteiger partial charge in [0.05, 0.1) is 15.8 Å². The monoisotopic (exact) mass is 245 g/mol. The van der Waals surface area contributed by atoms with Gasteiger partial charge >= 0.3 is 0 Å². The minimum Gasteiger partial charge on any atom is -0.451 e. The summed E-state index contributed by atoms with van der Waals surface area (Å²) >= 11 is 1.36. The van der Waals surface area contributed by atoms with E-state index in [-0.39, 0.29) is 5.43 Å². The standard InChI is InChI=1S/C12H7NO3S/c14-9-5-7(6-13-15)17-12-8-3-1-2-4-10(8)16-11(9)12/h1-6,15H/b13-6+. The quantitative estimate of drug-likeness (QED) is 0.407. The Morgan fingerprint density at radius 3 is 3.00 bits per heavy atom. The summed E-state index contributed by atoms with van der Waals surface area (Å²) in [6.45, 7) is 0. The van der Waals surface area contributed by atoms with Gasteiger partial charge in [0.2, 0.25) is 5.43 Å². The van der Waals surface area contributed by atoms with Crippen LogP contribution in [-0.4, -0.2) is 11.4 Å². The van der Waals surface area contributed by atoms with Crippen LogP contribution in [0.2, 0.25) is 0 Å². The van der Waals surface area contributed by atoms with E-state index in [2.05, 4.69) is 5.16 Å². The molecule has 5 heteroatoms. The fourth-order valence-electron chi connectivity index (χ4n) is 1.75. The van der Waals surface area contributed by atoms with Crippen molar-refractivity contribution in [1.29, 1.82) is 0 Å². The van der Waals surface area contributed by atoms with Gasteiger partial charge in [0.1, 0.15) is 5.58 Å². The first-order valence-corrected chi connectivity index (χ1v) is 5.74. The van der Waals surface area contributed by atoms with E-state index in [0.29, 0.717) is 16.0 Å². The Labute approximate surface area is 99.4 Å². The molecule has 1 aromatic carbocycles. The summed E-state index contributed by atoms with van der Waals surface area (Å²) in [4.78, 5) is 12.4. The molecule has 1 N–H and O–H groups in total. The van der Waals surface area contributed by atoms with Crippen molar-refractivity contribution in [3.63, 3.8) is 0 Å². The zero-order chi connectivity index (χ0) is 11.8. The van der Waals surface area contributed by atoms with Crippen molar-refractivity contribution in [2.24, 2.45) is 5.16 Å². The fraction of sp³-hybridized carbons (Fsp3) is 0. The molecular weight excluding hydrogens is 238 g/mol. The number of rotatable bonds is 1. The normalized spacial score (nSPS) is 11.8. The summed E-state index contributed by atoms with van der Waals surface area (Å²) < 4.78 is 6.29. The largest absolute Gasteiger partial charge is 0.451 e. The van der Waals surface area contributed by atoms with Crippen molar-refractivity contribution in [3.05, 3.63) is 45.4 Å². The van der Waals surface area contributed by atoms with E-state index in [4.69, 9.17) is 9.62 Å². The zero-order valence-electron chi connectivity index (χ0n) is 8.58. The van der Waals surface area contributed by atoms with Crippen LogP contribution in [-0.2, 0) is 0 Å². The first-order valence-electron chi connectivity index (χ1n) is 4.92. The van der Waals surface area contributed by atoms with Gasteiger partial charge in [0.15, 0.2) is 5.58 Å². The minimum atomic E-state index is -0.204. The number of hydrogen-bond acceptors (Lipinski definition) is 5. The predicted octanol–water partition coefficient (Wildman–Crippen LogP) is 2.82. The Hall–Kier alpha value is -2.14. The molecule has 84 valence electrons. The van der Waals surface area contributed by atoms with E-state index in [1.807, 2.05) is 24.3 Å². The molecular formula is C12H7NO3S. The highest BCUT2D eigenvalue weighted by Crippen LogP contribution is 2.30. The number of fused-ring (bicyclic) bond motifs is 3. The summed E-state index contributed by atoms with van der Waals surface area (Å²) in [7, 11) is 0. The third kappa shape index (κ3) is 1.52. The molecule has 0 aliphatic heterocycles. The maximum atomic E-state index is 11.8. The number of benzene rings is 1. The molecule has 2 heterocycles. The zero-order valence-corrected chi connectivity index (χ0v) is 9.40. The van der Waals surface area contributed by atoms with E-state index in [0.717, 1.165) is 10.1 Å². The Morgan fingerprint density at radius 1 is 1.35 bits per heavy atom. The van der Waals surface area contributed by atoms with Crippen LogP contribution >= 0.6 is 11.3 Å². The molecule has 3 aromatic rings. The number of nitrogens with zero attached hydrogens (tertiary/aromatic N) is 1. The second-order valence-corrected chi connectivity index (χ2v) is 4.60. The van der Waals surface area contributed by atoms with Crippen LogP contribution in [0.1, 0.15) is 4.88 Å². The summed E-state index contributed by atoms with van der Waals surface area (Å²) in [6.07, 6.45) is 1.24. The molecule has 2 aromatic heterocycles. The average molecular weight is 245 g/mol. The number of furan rings is 1. The maximum Gasteiger partial charge on any atom is 0.223 e. The lowest BCUT2D eigenvalue weighted by molar-refractivity contribution is 0.322. The molecule has 0 atom stereocenters. The fourth-order valence-corrected chi connectivity index (χ4v) is 2.76. The molecule has 0 saturated carbocycles. The van der Waals surface area contributed by atoms with E-state index >= 15 is 0 Å². The lowest BCUT2D eigenvalue weighted by Gasteiger charge is -1.90. The van der Waals surface area contributed by atoms with Gasteiger partial charge in [0, 0.05) is 11.5 Å². The van der Waals surface area contributed by atoms with Gasteiger partial charge < -0.3 is 9.62 Å². The summed E-state index contributed by atoms with van der Waals surface area (Å²) in [6, 6.07) is 8.87. The average Bonchev–Trinajstić information content (AvgIpc) is 2.69. The molecule has 4 nitrogen and oxygen atoms in total. The summed E-state index contributed by atoms with van der Waals surface area (Å²) in [5.74, 6) is 0. The topological polar surface area (TPSA) is 62.8 Å². The van der Waals surface area contributed by atoms with Crippen molar-refractivity contribution in [1.82, 2.24) is 0 Å². The second-order valence-electron chi connectivity index (χ2n) is 3.51. The van der Waals surface area contributed by atoms with Crippen molar-refractivity contribution in [2.75, 3.05) is 0 Å². The molecule has 17 heavy (non-hydrogen) atoms. The van der Waals surface area contributed by atoms with Crippen LogP contribution < -0.4 is 5.43 Å². The van der Waals surface area contributed by atoms with E-state index < -0.39 is 0 Å². The van der Waals surface area contributed by atoms with E-state index in [1.54, 1.807) is 0 Å². The summed E-state index contributed by atoms with van der Waals surface area (Å²) in [5.41, 5.74) is 0.838. The van der Waals surface area contributed by atoms with Crippen molar-refractivity contribution in [3.8, 4) is 0 Å². The molecule has 0 unspecified atom stereocenters. The highest BCUT2D eigenvalue weighted by Gasteiger charge is 2.11. The second kappa shape index (κ2) is 3.71. The summed E-state index contributed by atoms with van der Waals surface area (Å²) in [5, 5.41) is 12.3.